The number of carbonyl (C=O) groups is 21. The molecule has 3 aliphatic rings. The third-order valence-corrected chi connectivity index (χ3v) is 26.7. The van der Waals surface area contributed by atoms with E-state index in [9.17, 15) is 87.5 Å². The molecule has 3 fully saturated rings. The fraction of sp³-hybridized carbons (Fsp3) is 0.521. The number of phenolic OH excluding ortho intramolecular Hbond substituents is 1. The van der Waals surface area contributed by atoms with Crippen molar-refractivity contribution in [2.75, 3.05) is 78.5 Å². The second-order valence-corrected chi connectivity index (χ2v) is 37.6. The lowest BCUT2D eigenvalue weighted by atomic mass is 10.00. The number of nitrogens with two attached hydrogens (primary N) is 3. The number of nitrogens with one attached hydrogen (secondary N) is 16. The number of benzene rings is 3. The number of aliphatic hydroxyl groups is 2. The number of aliphatic carboxylic acids is 1. The smallest absolute Gasteiger partial charge is 0.305 e. The first-order valence-corrected chi connectivity index (χ1v) is 49.6. The minimum atomic E-state index is -2.10. The Labute approximate surface area is 849 Å². The first kappa shape index (κ1) is 115. The maximum absolute atomic E-state index is 15.7. The number of aromatic nitrogens is 4. The van der Waals surface area contributed by atoms with Crippen molar-refractivity contribution in [1.82, 2.24) is 114 Å². The lowest BCUT2D eigenvalue weighted by Crippen LogP contribution is -2.61. The number of primary amides is 2. The summed E-state index contributed by atoms with van der Waals surface area (Å²) in [4.78, 5) is 319. The van der Waals surface area contributed by atoms with Gasteiger partial charge in [0.1, 0.15) is 96.4 Å². The highest BCUT2D eigenvalue weighted by Gasteiger charge is 2.47. The lowest BCUT2D eigenvalue weighted by Gasteiger charge is -2.36. The minimum Gasteiger partial charge on any atom is -0.508 e. The molecule has 6 aromatic rings. The Balaban J connectivity index is 1.07. The molecule has 3 aromatic carbocycles. The number of carboxylic acid groups (broad SMARTS) is 1. The van der Waals surface area contributed by atoms with E-state index in [2.05, 4.69) is 89.1 Å². The van der Waals surface area contributed by atoms with Crippen LogP contribution in [0.15, 0.2) is 97.7 Å². The number of carboxylic acids is 1. The number of fused-ring (bicyclic) bond motifs is 4. The van der Waals surface area contributed by atoms with Gasteiger partial charge in [-0.1, -0.05) is 88.1 Å². The lowest BCUT2D eigenvalue weighted by molar-refractivity contribution is -0.149. The fourth-order valence-corrected chi connectivity index (χ4v) is 18.2. The van der Waals surface area contributed by atoms with Crippen molar-refractivity contribution in [3.8, 4) is 5.75 Å². The zero-order valence-electron chi connectivity index (χ0n) is 82.8. The molecule has 0 spiro atoms. The standard InChI is InChI=1S/C96H133N25O25S/c1-8-10-24-72-89(139)107-51(3)83(133)116-71(85(135)105-44-78(127)103-43-77(126)104-45-79(128)108-63(82(99)132)23-16-17-31-97)48-147-49-80(129)109-66(33-53-27-29-57(123)30-28-53)92(142)117(5)52(4)84(134)112-68(38-76(98)125)94(144)120-32-18-26-73(120)90(140)111-65(36-56-42-100-50-106-56)87(137)114-69(39-81(130)131)95(145)121-46-58(124)37-75(121)91(141)110-64(34-54-40-101-61-21-14-12-19-59(54)61)86(136)115-70(47-122)88(138)113-67(35-55-41-102-62-22-15-13-20-60(55)62)93(143)119(7)74(25-11-9-2)96(146)118(72)6/h12-15,19-22,27-30,40-42,50-52,58,63-75,101-102,122-124H,8-11,16-18,23-26,31-39,43-49,97H2,1-7H3,(H2,98,125)(H2,99,132)(H,100,106)(H,103,127)(H,104,126)(H,105,135)(H,107,139)(H,108,128)(H,109,129)(H,110,141)(H,111,140)(H,112,134)(H,113,138)(H,114,137)(H,115,136)(H,116,133)(H,130,131)/t51-,52-,58+,63-,64-,65-,66-,67-,68-,69-,70-,71-,72-,73-,74-,75-/m0/s1. The number of imidazole rings is 1. The minimum absolute atomic E-state index is 0.0464. The Morgan fingerprint density at radius 3 is 1.65 bits per heavy atom. The highest BCUT2D eigenvalue weighted by atomic mass is 32.2. The molecule has 0 unspecified atom stereocenters. The van der Waals surface area contributed by atoms with Gasteiger partial charge in [0, 0.05) is 118 Å². The summed E-state index contributed by atoms with van der Waals surface area (Å²) in [7, 11) is 3.78. The topological polar surface area (TPSA) is 750 Å². The van der Waals surface area contributed by atoms with E-state index < -0.39 is 297 Å². The Hall–Kier alpha value is -15.2. The molecule has 51 heteroatoms. The summed E-state index contributed by atoms with van der Waals surface area (Å²) in [5.41, 5.74) is 19.3. The number of thioether (sulfide) groups is 1. The summed E-state index contributed by atoms with van der Waals surface area (Å²) >= 11 is 0.696. The van der Waals surface area contributed by atoms with Crippen LogP contribution in [0.1, 0.15) is 140 Å². The number of para-hydroxylation sites is 2. The molecular weight excluding hydrogens is 1940 g/mol. The molecule has 0 radical (unpaired) electrons. The van der Waals surface area contributed by atoms with Crippen LogP contribution in [-0.2, 0) is 126 Å². The molecular formula is C96H133N25O25S. The third kappa shape index (κ3) is 33.2. The third-order valence-electron chi connectivity index (χ3n) is 25.6. The summed E-state index contributed by atoms with van der Waals surface area (Å²) in [5, 5.41) is 76.8. The van der Waals surface area contributed by atoms with Crippen LogP contribution in [0.5, 0.6) is 5.75 Å². The van der Waals surface area contributed by atoms with Crippen LogP contribution in [0.4, 0.5) is 0 Å². The van der Waals surface area contributed by atoms with Crippen molar-refractivity contribution in [2.24, 2.45) is 17.2 Å². The molecule has 0 aliphatic carbocycles. The number of rotatable bonds is 32. The number of H-pyrrole nitrogens is 3. The normalized spacial score (nSPS) is 23.8. The molecule has 26 N–H and O–H groups in total. The zero-order valence-corrected chi connectivity index (χ0v) is 83.6. The number of likely N-dealkylation sites (N-methyl/N-ethyl adjacent to an activating group) is 3. The van der Waals surface area contributed by atoms with Crippen molar-refractivity contribution < 1.29 is 121 Å². The predicted octanol–water partition coefficient (Wildman–Crippen LogP) is -5.90. The molecule has 147 heavy (non-hydrogen) atoms. The van der Waals surface area contributed by atoms with Crippen LogP contribution < -0.4 is 86.3 Å². The first-order chi connectivity index (χ1) is 70.0. The van der Waals surface area contributed by atoms with E-state index in [1.54, 1.807) is 61.7 Å². The van der Waals surface area contributed by atoms with Crippen molar-refractivity contribution in [2.45, 2.75) is 240 Å². The number of phenols is 1. The van der Waals surface area contributed by atoms with Gasteiger partial charge in [-0.2, -0.15) is 0 Å². The molecule has 0 bridgehead atoms. The maximum Gasteiger partial charge on any atom is 0.305 e. The average molecular weight is 2070 g/mol. The maximum atomic E-state index is 15.7. The molecule has 3 aliphatic heterocycles. The number of hydrogen-bond donors (Lipinski definition) is 23. The SMILES string of the molecule is CCCC[C@H]1C(=O)N(C)[C@@H](CCCC)C(=O)N[C@@H](C)C(=O)N[C@H](C(=O)NCC(=O)NCC(=O)NCC(=O)N[C@@H](CCCCN)C(N)=O)CSCC(=O)N[C@@H](Cc2ccc(O)cc2)C(=O)N(C)[C@@H](C)C(=O)N[C@@H](CC(N)=O)C(=O)N2CCC[C@H]2C(=O)N[C@@H](Cc2cnc[nH]2)C(=O)N[C@@H](CC(=O)O)C(=O)N2C[C@H](O)C[C@H]2C(=O)N[C@@H](Cc2c[nH]c3ccccc23)C(=O)N[C@@H](CO)C(=O)N[C@@H](Cc2c[nH]c3ccccc23)C(=O)N1C. The molecule has 16 atom stereocenters. The second-order valence-electron chi connectivity index (χ2n) is 36.5. The van der Waals surface area contributed by atoms with Gasteiger partial charge in [-0.3, -0.25) is 101 Å². The van der Waals surface area contributed by atoms with Gasteiger partial charge < -0.3 is 146 Å². The Morgan fingerprint density at radius 2 is 1.06 bits per heavy atom. The Kier molecular flexibility index (Phi) is 43.8. The van der Waals surface area contributed by atoms with Gasteiger partial charge in [0.2, 0.25) is 118 Å². The number of unbranched alkanes of at least 4 members (excludes halogenated alkanes) is 3. The summed E-state index contributed by atoms with van der Waals surface area (Å²) in [6, 6.07) is -5.56. The van der Waals surface area contributed by atoms with Crippen LogP contribution in [0, 0.1) is 0 Å². The monoisotopic (exact) mass is 2070 g/mol. The highest BCUT2D eigenvalue weighted by Crippen LogP contribution is 2.28. The molecule has 798 valence electrons. The van der Waals surface area contributed by atoms with E-state index >= 15 is 33.6 Å². The number of nitrogens with zero attached hydrogens (tertiary/aromatic N) is 6. The number of aromatic hydroxyl groups is 1. The van der Waals surface area contributed by atoms with Crippen LogP contribution >= 0.6 is 11.8 Å². The summed E-state index contributed by atoms with van der Waals surface area (Å²) in [5.74, 6) is -23.3. The van der Waals surface area contributed by atoms with Gasteiger partial charge in [-0.05, 0) is 106 Å². The van der Waals surface area contributed by atoms with Crippen molar-refractivity contribution in [1.29, 1.82) is 0 Å². The van der Waals surface area contributed by atoms with E-state index in [0.717, 1.165) is 24.5 Å². The van der Waals surface area contributed by atoms with Gasteiger partial charge in [0.05, 0.1) is 57.3 Å². The highest BCUT2D eigenvalue weighted by molar-refractivity contribution is 8.00. The average Bonchev–Trinajstić information content (AvgIpc) is 1.74. The van der Waals surface area contributed by atoms with Gasteiger partial charge >= 0.3 is 5.97 Å². The van der Waals surface area contributed by atoms with Crippen molar-refractivity contribution in [3.63, 3.8) is 0 Å². The van der Waals surface area contributed by atoms with Gasteiger partial charge in [-0.15, -0.1) is 11.8 Å². The van der Waals surface area contributed by atoms with E-state index in [-0.39, 0.29) is 62.9 Å². The number of aromatic amines is 3. The fourth-order valence-electron chi connectivity index (χ4n) is 17.3. The molecule has 9 rings (SSSR count). The molecule has 6 heterocycles. The summed E-state index contributed by atoms with van der Waals surface area (Å²) in [6.07, 6.45) is 2.52. The Bertz CT molecular complexity index is 5710. The van der Waals surface area contributed by atoms with Crippen LogP contribution in [0.2, 0.25) is 0 Å². The van der Waals surface area contributed by atoms with E-state index in [4.69, 9.17) is 17.2 Å². The van der Waals surface area contributed by atoms with Crippen molar-refractivity contribution in [3.05, 3.63) is 120 Å². The summed E-state index contributed by atoms with van der Waals surface area (Å²) in [6.45, 7) is 2.09. The Morgan fingerprint density at radius 1 is 0.531 bits per heavy atom. The van der Waals surface area contributed by atoms with Gasteiger partial charge in [-0.25, -0.2) is 4.98 Å². The first-order valence-electron chi connectivity index (χ1n) is 48.5. The quantitative estimate of drug-likeness (QED) is 0.0175. The van der Waals surface area contributed by atoms with Crippen LogP contribution in [0.3, 0.4) is 0 Å². The summed E-state index contributed by atoms with van der Waals surface area (Å²) < 4.78 is 0. The van der Waals surface area contributed by atoms with Crippen LogP contribution in [0.25, 0.3) is 21.8 Å². The van der Waals surface area contributed by atoms with E-state index in [0.29, 0.717) is 95.3 Å². The molecule has 0 saturated carbocycles. The predicted molar refractivity (Wildman–Crippen MR) is 530 cm³/mol. The van der Waals surface area contributed by atoms with E-state index in [1.165, 1.54) is 78.0 Å². The largest absolute Gasteiger partial charge is 0.508 e. The molecule has 3 saturated heterocycles. The molecule has 50 nitrogen and oxygen atoms in total. The van der Waals surface area contributed by atoms with Gasteiger partial charge in [0.25, 0.3) is 0 Å². The molecule has 20 amide bonds. The molecule has 3 aromatic heterocycles. The number of hydrogen-bond acceptors (Lipinski definition) is 27. The second kappa shape index (κ2) is 55.8. The number of amides is 20. The zero-order chi connectivity index (χ0) is 108. The van der Waals surface area contributed by atoms with Gasteiger partial charge in [0.15, 0.2) is 0 Å². The van der Waals surface area contributed by atoms with Crippen molar-refractivity contribution >= 4 is 158 Å². The number of carbonyl (C=O) groups excluding carboxylic acids is 20. The number of aliphatic hydroxyl groups excluding tert-OH is 2. The van der Waals surface area contributed by atoms with E-state index in [1.807, 2.05) is 6.92 Å². The van der Waals surface area contributed by atoms with Crippen LogP contribution in [-0.4, -0.2) is 364 Å².